The van der Waals surface area contributed by atoms with Gasteiger partial charge in [-0.3, -0.25) is 9.78 Å². The number of hydrogen-bond acceptors (Lipinski definition) is 3. The van der Waals surface area contributed by atoms with Gasteiger partial charge in [0.15, 0.2) is 5.69 Å². The van der Waals surface area contributed by atoms with Gasteiger partial charge in [0.05, 0.1) is 16.4 Å². The molecule has 1 N–H and O–H groups in total. The number of aromatic nitrogens is 3. The van der Waals surface area contributed by atoms with Crippen LogP contribution < -0.4 is 5.32 Å². The number of alkyl halides is 3. The highest BCUT2D eigenvalue weighted by Crippen LogP contribution is 2.34. The van der Waals surface area contributed by atoms with Gasteiger partial charge < -0.3 is 5.32 Å². The van der Waals surface area contributed by atoms with E-state index in [0.29, 0.717) is 23.4 Å². The molecule has 0 fully saturated rings. The van der Waals surface area contributed by atoms with Crippen molar-refractivity contribution in [2.24, 2.45) is 0 Å². The Morgan fingerprint density at radius 1 is 1.06 bits per heavy atom. The van der Waals surface area contributed by atoms with Crippen molar-refractivity contribution in [2.75, 3.05) is 0 Å². The van der Waals surface area contributed by atoms with E-state index in [1.54, 1.807) is 67.0 Å². The molecule has 0 aliphatic carbocycles. The Hall–Kier alpha value is -3.65. The number of rotatable bonds is 5. The maximum atomic E-state index is 13.3. The van der Waals surface area contributed by atoms with Crippen molar-refractivity contribution >= 4 is 17.5 Å². The normalized spacial score (nSPS) is 11.4. The average molecular weight is 459 g/mol. The summed E-state index contributed by atoms with van der Waals surface area (Å²) in [6.45, 7) is 0.308. The number of amides is 1. The van der Waals surface area contributed by atoms with Gasteiger partial charge in [0.1, 0.15) is 0 Å². The predicted octanol–water partition coefficient (Wildman–Crippen LogP) is 5.78. The topological polar surface area (TPSA) is 59.8 Å². The highest BCUT2D eigenvalue weighted by atomic mass is 35.5. The van der Waals surface area contributed by atoms with E-state index >= 15 is 0 Å². The van der Waals surface area contributed by atoms with Crippen LogP contribution >= 0.6 is 11.6 Å². The Morgan fingerprint density at radius 2 is 1.81 bits per heavy atom. The number of halogens is 4. The molecule has 5 nitrogen and oxygen atoms in total. The standard InChI is InChI=1S/C23H16ClF3N4O.H2/c24-18-5-1-2-6-19(18)31-20(12-21(30-31)23(25,26)27)16-7-9-17(10-8-16)22(32)29-14-15-4-3-11-28-13-15;/h1-13H,14H2,(H,29,32);1H. The van der Waals surface area contributed by atoms with Crippen LogP contribution in [0.15, 0.2) is 79.1 Å². The number of carbonyl (C=O) groups excluding carboxylic acids is 1. The molecule has 0 aliphatic rings. The van der Waals surface area contributed by atoms with E-state index in [9.17, 15) is 18.0 Å². The smallest absolute Gasteiger partial charge is 0.348 e. The second-order valence-corrected chi connectivity index (χ2v) is 7.30. The molecule has 4 aromatic rings. The van der Waals surface area contributed by atoms with Gasteiger partial charge in [-0.05, 0) is 42.0 Å². The first-order chi connectivity index (χ1) is 15.3. The van der Waals surface area contributed by atoms with Crippen LogP contribution in [0.1, 0.15) is 23.0 Å². The molecular formula is C23H18ClF3N4O. The molecule has 4 rings (SSSR count). The van der Waals surface area contributed by atoms with Crippen LogP contribution in [0.5, 0.6) is 0 Å². The zero-order valence-electron chi connectivity index (χ0n) is 16.5. The first-order valence-electron chi connectivity index (χ1n) is 9.52. The molecule has 0 spiro atoms. The van der Waals surface area contributed by atoms with Crippen molar-refractivity contribution in [3.63, 3.8) is 0 Å². The highest BCUT2D eigenvalue weighted by molar-refractivity contribution is 6.32. The number of carbonyl (C=O) groups is 1. The van der Waals surface area contributed by atoms with E-state index in [1.807, 2.05) is 6.07 Å². The lowest BCUT2D eigenvalue weighted by molar-refractivity contribution is -0.141. The second-order valence-electron chi connectivity index (χ2n) is 6.90. The summed E-state index contributed by atoms with van der Waals surface area (Å²) in [6.07, 6.45) is -1.33. The molecule has 2 heterocycles. The fourth-order valence-electron chi connectivity index (χ4n) is 3.11. The summed E-state index contributed by atoms with van der Waals surface area (Å²) >= 11 is 6.19. The first kappa shape index (κ1) is 21.6. The molecule has 164 valence electrons. The molecule has 0 saturated heterocycles. The summed E-state index contributed by atoms with van der Waals surface area (Å²) in [5.74, 6) is -0.309. The molecule has 0 atom stereocenters. The number of benzene rings is 2. The van der Waals surface area contributed by atoms with Gasteiger partial charge in [-0.15, -0.1) is 0 Å². The van der Waals surface area contributed by atoms with E-state index in [-0.39, 0.29) is 18.1 Å². The van der Waals surface area contributed by atoms with Crippen LogP contribution in [0, 0.1) is 0 Å². The van der Waals surface area contributed by atoms with Crippen LogP contribution in [0.3, 0.4) is 0 Å². The minimum Gasteiger partial charge on any atom is -0.348 e. The minimum absolute atomic E-state index is 0. The molecule has 9 heteroatoms. The third kappa shape index (κ3) is 4.65. The summed E-state index contributed by atoms with van der Waals surface area (Å²) in [4.78, 5) is 16.4. The maximum Gasteiger partial charge on any atom is 0.435 e. The third-order valence-corrected chi connectivity index (χ3v) is 5.02. The lowest BCUT2D eigenvalue weighted by atomic mass is 10.1. The fourth-order valence-corrected chi connectivity index (χ4v) is 3.33. The highest BCUT2D eigenvalue weighted by Gasteiger charge is 2.35. The monoisotopic (exact) mass is 458 g/mol. The molecule has 0 aliphatic heterocycles. The minimum atomic E-state index is -4.62. The molecule has 2 aromatic carbocycles. The largest absolute Gasteiger partial charge is 0.435 e. The van der Waals surface area contributed by atoms with Crippen molar-refractivity contribution in [1.29, 1.82) is 0 Å². The molecule has 0 saturated carbocycles. The third-order valence-electron chi connectivity index (χ3n) is 4.70. The summed E-state index contributed by atoms with van der Waals surface area (Å²) in [5, 5.41) is 6.77. The van der Waals surface area contributed by atoms with E-state index in [2.05, 4.69) is 15.4 Å². The van der Waals surface area contributed by atoms with Crippen LogP contribution in [0.25, 0.3) is 16.9 Å². The Morgan fingerprint density at radius 3 is 2.47 bits per heavy atom. The van der Waals surface area contributed by atoms with Crippen LogP contribution in [-0.4, -0.2) is 20.7 Å². The Bertz CT molecular complexity index is 1240. The number of para-hydroxylation sites is 1. The van der Waals surface area contributed by atoms with Crippen LogP contribution in [0.2, 0.25) is 5.02 Å². The number of nitrogens with one attached hydrogen (secondary N) is 1. The van der Waals surface area contributed by atoms with E-state index in [1.165, 1.54) is 0 Å². The van der Waals surface area contributed by atoms with Gasteiger partial charge in [-0.1, -0.05) is 41.9 Å². The summed E-state index contributed by atoms with van der Waals surface area (Å²) in [7, 11) is 0. The van der Waals surface area contributed by atoms with E-state index in [4.69, 9.17) is 11.6 Å². The van der Waals surface area contributed by atoms with Gasteiger partial charge in [0.2, 0.25) is 0 Å². The van der Waals surface area contributed by atoms with Crippen LogP contribution in [-0.2, 0) is 12.7 Å². The second kappa shape index (κ2) is 8.84. The van der Waals surface area contributed by atoms with Gasteiger partial charge in [-0.2, -0.15) is 18.3 Å². The number of pyridine rings is 1. The van der Waals surface area contributed by atoms with E-state index in [0.717, 1.165) is 16.3 Å². The molecular weight excluding hydrogens is 441 g/mol. The molecule has 32 heavy (non-hydrogen) atoms. The lowest BCUT2D eigenvalue weighted by Gasteiger charge is -2.10. The first-order valence-corrected chi connectivity index (χ1v) is 9.90. The SMILES string of the molecule is O=C(NCc1cccnc1)c1ccc(-c2cc(C(F)(F)F)nn2-c2ccccc2Cl)cc1.[HH]. The van der Waals surface area contributed by atoms with Crippen LogP contribution in [0.4, 0.5) is 13.2 Å². The maximum absolute atomic E-state index is 13.3. The Balaban J connectivity index is 0.00000306. The van der Waals surface area contributed by atoms with Gasteiger partial charge in [0, 0.05) is 31.5 Å². The predicted molar refractivity (Wildman–Crippen MR) is 117 cm³/mol. The molecule has 0 radical (unpaired) electrons. The molecule has 2 aromatic heterocycles. The summed E-state index contributed by atoms with van der Waals surface area (Å²) in [5.41, 5.74) is 1.16. The molecule has 0 bridgehead atoms. The average Bonchev–Trinajstić information content (AvgIpc) is 3.24. The van der Waals surface area contributed by atoms with Crippen molar-refractivity contribution in [3.05, 3.63) is 101 Å². The van der Waals surface area contributed by atoms with Gasteiger partial charge in [0.25, 0.3) is 5.91 Å². The van der Waals surface area contributed by atoms with Crippen molar-refractivity contribution in [1.82, 2.24) is 20.1 Å². The quantitative estimate of drug-likeness (QED) is 0.412. The number of nitrogens with zero attached hydrogens (tertiary/aromatic N) is 3. The van der Waals surface area contributed by atoms with Gasteiger partial charge in [-0.25, -0.2) is 4.68 Å². The Kier molecular flexibility index (Phi) is 5.96. The summed E-state index contributed by atoms with van der Waals surface area (Å²) < 4.78 is 41.2. The fraction of sp³-hybridized carbons (Fsp3) is 0.0870. The van der Waals surface area contributed by atoms with Crippen molar-refractivity contribution in [3.8, 4) is 16.9 Å². The number of hydrogen-bond donors (Lipinski definition) is 1. The molecule has 0 unspecified atom stereocenters. The van der Waals surface area contributed by atoms with Crippen molar-refractivity contribution < 1.29 is 19.4 Å². The molecule has 1 amide bonds. The van der Waals surface area contributed by atoms with E-state index < -0.39 is 11.9 Å². The zero-order valence-corrected chi connectivity index (χ0v) is 17.2. The summed E-state index contributed by atoms with van der Waals surface area (Å²) in [6, 6.07) is 17.3. The lowest BCUT2D eigenvalue weighted by Crippen LogP contribution is -2.22. The zero-order chi connectivity index (χ0) is 22.7. The van der Waals surface area contributed by atoms with Gasteiger partial charge >= 0.3 is 6.18 Å². The Labute approximate surface area is 188 Å². The van der Waals surface area contributed by atoms with Crippen molar-refractivity contribution in [2.45, 2.75) is 12.7 Å².